The van der Waals surface area contributed by atoms with Gasteiger partial charge in [-0.1, -0.05) is 12.1 Å². The summed E-state index contributed by atoms with van der Waals surface area (Å²) in [5.74, 6) is 2.30. The lowest BCUT2D eigenvalue weighted by atomic mass is 10.3. The smallest absolute Gasteiger partial charge is 0.387 e. The van der Waals surface area contributed by atoms with Crippen molar-refractivity contribution in [1.29, 1.82) is 0 Å². The normalized spacial score (nSPS) is 9.88. The zero-order chi connectivity index (χ0) is 12.8. The minimum Gasteiger partial charge on any atom is -0.433 e. The molecule has 0 unspecified atom stereocenters. The van der Waals surface area contributed by atoms with Gasteiger partial charge in [-0.3, -0.25) is 15.0 Å². The highest BCUT2D eigenvalue weighted by molar-refractivity contribution is 6.39. The third kappa shape index (κ3) is 3.68. The number of nitrogens with one attached hydrogen (secondary N) is 2. The minimum atomic E-state index is -3.03. The average Bonchev–Trinajstić information content (AvgIpc) is 2.29. The van der Waals surface area contributed by atoms with E-state index < -0.39 is 18.4 Å². The lowest BCUT2D eigenvalue weighted by molar-refractivity contribution is -0.136. The first-order chi connectivity index (χ1) is 8.04. The van der Waals surface area contributed by atoms with Gasteiger partial charge >= 0.3 is 18.4 Å². The van der Waals surface area contributed by atoms with Gasteiger partial charge in [-0.2, -0.15) is 8.78 Å². The molecular weight excluding hydrogens is 236 g/mol. The second kappa shape index (κ2) is 5.75. The Kier molecular flexibility index (Phi) is 4.35. The molecule has 0 heterocycles. The molecule has 0 spiro atoms. The molecule has 1 rings (SSSR count). The van der Waals surface area contributed by atoms with Crippen LogP contribution in [0.15, 0.2) is 24.3 Å². The first-order valence-electron chi connectivity index (χ1n) is 4.40. The van der Waals surface area contributed by atoms with E-state index in [9.17, 15) is 18.4 Å². The number of anilines is 1. The Balaban J connectivity index is 2.83. The topological polar surface area (TPSA) is 93.5 Å². The van der Waals surface area contributed by atoms with Crippen molar-refractivity contribution in [3.05, 3.63) is 24.3 Å². The minimum absolute atomic E-state index is 0.0543. The van der Waals surface area contributed by atoms with Crippen LogP contribution in [0.3, 0.4) is 0 Å². The number of carbonyl (C=O) groups excluding carboxylic acids is 2. The van der Waals surface area contributed by atoms with Crippen molar-refractivity contribution in [3.8, 4) is 5.75 Å². The summed E-state index contributed by atoms with van der Waals surface area (Å²) in [5, 5.41) is 2.08. The third-order valence-electron chi connectivity index (χ3n) is 1.69. The predicted octanol–water partition coefficient (Wildman–Crippen LogP) is 0.216. The van der Waals surface area contributed by atoms with Crippen LogP contribution in [0.5, 0.6) is 5.75 Å². The fourth-order valence-corrected chi connectivity index (χ4v) is 1.01. The van der Waals surface area contributed by atoms with E-state index in [2.05, 4.69) is 10.1 Å². The summed E-state index contributed by atoms with van der Waals surface area (Å²) >= 11 is 0. The Labute approximate surface area is 94.7 Å². The average molecular weight is 245 g/mol. The highest BCUT2D eigenvalue weighted by Crippen LogP contribution is 2.25. The Bertz CT molecular complexity index is 426. The van der Waals surface area contributed by atoms with Crippen LogP contribution in [0, 0.1) is 0 Å². The molecule has 0 saturated heterocycles. The van der Waals surface area contributed by atoms with Crippen molar-refractivity contribution >= 4 is 17.5 Å². The molecule has 0 atom stereocenters. The molecule has 6 nitrogen and oxygen atoms in total. The molecule has 1 aromatic rings. The van der Waals surface area contributed by atoms with Crippen molar-refractivity contribution in [3.63, 3.8) is 0 Å². The number of hydrogen-bond donors (Lipinski definition) is 3. The van der Waals surface area contributed by atoms with E-state index in [0.29, 0.717) is 0 Å². The maximum atomic E-state index is 12.0. The number of hydrazine groups is 1. The summed E-state index contributed by atoms with van der Waals surface area (Å²) in [6, 6.07) is 5.45. The van der Waals surface area contributed by atoms with E-state index in [0.717, 1.165) is 0 Å². The van der Waals surface area contributed by atoms with Crippen molar-refractivity contribution in [2.24, 2.45) is 5.84 Å². The van der Waals surface area contributed by atoms with Crippen molar-refractivity contribution in [2.75, 3.05) is 5.32 Å². The molecule has 0 saturated carbocycles. The molecule has 92 valence electrons. The largest absolute Gasteiger partial charge is 0.433 e. The van der Waals surface area contributed by atoms with E-state index in [-0.39, 0.29) is 11.4 Å². The van der Waals surface area contributed by atoms with Crippen molar-refractivity contribution < 1.29 is 23.1 Å². The van der Waals surface area contributed by atoms with Gasteiger partial charge in [-0.25, -0.2) is 5.84 Å². The van der Waals surface area contributed by atoms with E-state index in [4.69, 9.17) is 5.84 Å². The molecule has 0 fully saturated rings. The first kappa shape index (κ1) is 12.8. The monoisotopic (exact) mass is 245 g/mol. The van der Waals surface area contributed by atoms with Gasteiger partial charge in [0.15, 0.2) is 0 Å². The van der Waals surface area contributed by atoms with Crippen LogP contribution in [0.1, 0.15) is 0 Å². The number of ether oxygens (including phenoxy) is 1. The lowest BCUT2D eigenvalue weighted by Crippen LogP contribution is -2.39. The molecule has 0 aliphatic rings. The Morgan fingerprint density at radius 2 is 1.88 bits per heavy atom. The van der Waals surface area contributed by atoms with E-state index >= 15 is 0 Å². The van der Waals surface area contributed by atoms with E-state index in [1.807, 2.05) is 0 Å². The van der Waals surface area contributed by atoms with Crippen molar-refractivity contribution in [1.82, 2.24) is 5.43 Å². The summed E-state index contributed by atoms with van der Waals surface area (Å²) in [6.07, 6.45) is 0. The maximum absolute atomic E-state index is 12.0. The number of benzene rings is 1. The van der Waals surface area contributed by atoms with Gasteiger partial charge < -0.3 is 10.1 Å². The Hall–Kier alpha value is -2.22. The number of rotatable bonds is 3. The molecule has 17 heavy (non-hydrogen) atoms. The van der Waals surface area contributed by atoms with Gasteiger partial charge in [0.2, 0.25) is 0 Å². The molecule has 4 N–H and O–H groups in total. The van der Waals surface area contributed by atoms with Gasteiger partial charge in [0.1, 0.15) is 5.75 Å². The van der Waals surface area contributed by atoms with Gasteiger partial charge in [0.25, 0.3) is 0 Å². The SMILES string of the molecule is NNC(=O)C(=O)Nc1ccccc1OC(F)F. The van der Waals surface area contributed by atoms with Crippen LogP contribution in [0.2, 0.25) is 0 Å². The fraction of sp³-hybridized carbons (Fsp3) is 0.111. The Morgan fingerprint density at radius 3 is 2.47 bits per heavy atom. The quantitative estimate of drug-likeness (QED) is 0.307. The molecule has 0 radical (unpaired) electrons. The summed E-state index contributed by atoms with van der Waals surface area (Å²) in [4.78, 5) is 21.9. The summed E-state index contributed by atoms with van der Waals surface area (Å²) in [5.41, 5.74) is 1.55. The van der Waals surface area contributed by atoms with Crippen LogP contribution in [-0.4, -0.2) is 18.4 Å². The number of halogens is 2. The van der Waals surface area contributed by atoms with Gasteiger partial charge in [0.05, 0.1) is 5.69 Å². The zero-order valence-corrected chi connectivity index (χ0v) is 8.44. The zero-order valence-electron chi connectivity index (χ0n) is 8.44. The molecule has 0 aliphatic carbocycles. The summed E-state index contributed by atoms with van der Waals surface area (Å²) < 4.78 is 28.2. The molecule has 2 amide bonds. The highest BCUT2D eigenvalue weighted by atomic mass is 19.3. The predicted molar refractivity (Wildman–Crippen MR) is 54.0 cm³/mol. The standard InChI is InChI=1S/C9H9F2N3O3/c10-9(11)17-6-4-2-1-3-5(6)13-7(15)8(16)14-12/h1-4,9H,12H2,(H,13,15)(H,14,16). The third-order valence-corrected chi connectivity index (χ3v) is 1.69. The summed E-state index contributed by atoms with van der Waals surface area (Å²) in [7, 11) is 0. The van der Waals surface area contributed by atoms with Crippen LogP contribution < -0.4 is 21.3 Å². The molecule has 0 bridgehead atoms. The maximum Gasteiger partial charge on any atom is 0.387 e. The fourth-order valence-electron chi connectivity index (χ4n) is 1.01. The summed E-state index contributed by atoms with van der Waals surface area (Å²) in [6.45, 7) is -3.03. The van der Waals surface area contributed by atoms with Crippen LogP contribution in [0.4, 0.5) is 14.5 Å². The number of carbonyl (C=O) groups is 2. The molecule has 1 aromatic carbocycles. The Morgan fingerprint density at radius 1 is 1.24 bits per heavy atom. The lowest BCUT2D eigenvalue weighted by Gasteiger charge is -2.10. The van der Waals surface area contributed by atoms with Crippen molar-refractivity contribution in [2.45, 2.75) is 6.61 Å². The highest BCUT2D eigenvalue weighted by Gasteiger charge is 2.15. The van der Waals surface area contributed by atoms with Crippen LogP contribution in [0.25, 0.3) is 0 Å². The van der Waals surface area contributed by atoms with E-state index in [1.165, 1.54) is 24.3 Å². The second-order valence-electron chi connectivity index (χ2n) is 2.80. The molecule has 8 heteroatoms. The number of para-hydroxylation sites is 2. The molecular formula is C9H9F2N3O3. The first-order valence-corrected chi connectivity index (χ1v) is 4.40. The van der Waals surface area contributed by atoms with Crippen LogP contribution in [-0.2, 0) is 9.59 Å². The molecule has 0 aromatic heterocycles. The van der Waals surface area contributed by atoms with Gasteiger partial charge in [-0.05, 0) is 12.1 Å². The molecule has 0 aliphatic heterocycles. The van der Waals surface area contributed by atoms with E-state index in [1.54, 1.807) is 5.43 Å². The number of alkyl halides is 2. The number of hydrogen-bond acceptors (Lipinski definition) is 4. The van der Waals surface area contributed by atoms with Crippen LogP contribution >= 0.6 is 0 Å². The number of nitrogens with two attached hydrogens (primary N) is 1. The van der Waals surface area contributed by atoms with Gasteiger partial charge in [-0.15, -0.1) is 0 Å². The number of amides is 2. The van der Waals surface area contributed by atoms with Gasteiger partial charge in [0, 0.05) is 0 Å². The second-order valence-corrected chi connectivity index (χ2v) is 2.80.